The maximum atomic E-state index is 12.6. The number of rotatable bonds is 7. The zero-order valence-corrected chi connectivity index (χ0v) is 16.9. The number of para-hydroxylation sites is 1. The standard InChI is InChI=1S/C20H17N3O7S/c24-18-16(31-20(26)21-18)10-12-4-6-13(7-5-12)29-9-8-22-11-30-17-14(19(22)25)2-1-3-15(17)23(27)28/h1-7,16H,8-11H2,(H,21,24,26). The minimum absolute atomic E-state index is 0.0129. The molecule has 1 N–H and O–H groups in total. The van der Waals surface area contributed by atoms with Gasteiger partial charge in [-0.05, 0) is 30.2 Å². The Bertz CT molecular complexity index is 1060. The maximum Gasteiger partial charge on any atom is 0.311 e. The lowest BCUT2D eigenvalue weighted by Crippen LogP contribution is -2.41. The molecule has 0 saturated carbocycles. The van der Waals surface area contributed by atoms with Crippen LogP contribution in [0.2, 0.25) is 0 Å². The van der Waals surface area contributed by atoms with Gasteiger partial charge in [0.2, 0.25) is 11.7 Å². The van der Waals surface area contributed by atoms with Gasteiger partial charge in [-0.3, -0.25) is 29.8 Å². The van der Waals surface area contributed by atoms with Crippen LogP contribution in [0, 0.1) is 10.1 Å². The number of nitro benzene ring substituents is 1. The first kappa shape index (κ1) is 20.7. The number of amides is 3. The summed E-state index contributed by atoms with van der Waals surface area (Å²) in [6, 6.07) is 11.4. The highest BCUT2D eigenvalue weighted by molar-refractivity contribution is 8.15. The molecule has 2 aromatic rings. The van der Waals surface area contributed by atoms with Gasteiger partial charge < -0.3 is 14.4 Å². The van der Waals surface area contributed by atoms with Gasteiger partial charge in [0.15, 0.2) is 6.73 Å². The van der Waals surface area contributed by atoms with Gasteiger partial charge in [0.1, 0.15) is 12.4 Å². The van der Waals surface area contributed by atoms with E-state index in [-0.39, 0.29) is 53.9 Å². The first-order chi connectivity index (χ1) is 14.9. The Labute approximate surface area is 180 Å². The highest BCUT2D eigenvalue weighted by Crippen LogP contribution is 2.34. The minimum atomic E-state index is -0.579. The van der Waals surface area contributed by atoms with E-state index in [2.05, 4.69) is 5.32 Å². The summed E-state index contributed by atoms with van der Waals surface area (Å²) in [5, 5.41) is 12.6. The second kappa shape index (κ2) is 8.64. The lowest BCUT2D eigenvalue weighted by molar-refractivity contribution is -0.386. The van der Waals surface area contributed by atoms with Gasteiger partial charge in [-0.25, -0.2) is 0 Å². The van der Waals surface area contributed by atoms with E-state index in [1.807, 2.05) is 12.1 Å². The van der Waals surface area contributed by atoms with Crippen LogP contribution in [0.15, 0.2) is 42.5 Å². The summed E-state index contributed by atoms with van der Waals surface area (Å²) in [5.41, 5.74) is 0.810. The van der Waals surface area contributed by atoms with Gasteiger partial charge in [0, 0.05) is 6.07 Å². The van der Waals surface area contributed by atoms with Crippen LogP contribution in [-0.2, 0) is 11.2 Å². The van der Waals surface area contributed by atoms with E-state index >= 15 is 0 Å². The molecule has 11 heteroatoms. The highest BCUT2D eigenvalue weighted by Gasteiger charge is 2.32. The average Bonchev–Trinajstić information content (AvgIpc) is 3.07. The SMILES string of the molecule is O=C1NC(=O)C(Cc2ccc(OCCN3COc4c(cccc4[N+](=O)[O-])C3=O)cc2)S1. The molecule has 0 bridgehead atoms. The van der Waals surface area contributed by atoms with Crippen molar-refractivity contribution in [1.82, 2.24) is 10.2 Å². The molecule has 2 aliphatic rings. The minimum Gasteiger partial charge on any atom is -0.492 e. The molecule has 4 rings (SSSR count). The van der Waals surface area contributed by atoms with Crippen molar-refractivity contribution in [3.05, 3.63) is 63.7 Å². The third-order valence-electron chi connectivity index (χ3n) is 4.81. The zero-order chi connectivity index (χ0) is 22.0. The quantitative estimate of drug-likeness (QED) is 0.510. The number of nitro groups is 1. The Morgan fingerprint density at radius 2 is 1.97 bits per heavy atom. The normalized spacial score (nSPS) is 17.7. The molecule has 0 aromatic heterocycles. The lowest BCUT2D eigenvalue weighted by atomic mass is 10.1. The van der Waals surface area contributed by atoms with E-state index in [4.69, 9.17) is 9.47 Å². The number of imide groups is 1. The number of thioether (sulfide) groups is 1. The summed E-state index contributed by atoms with van der Waals surface area (Å²) in [6.45, 7) is 0.344. The van der Waals surface area contributed by atoms with E-state index in [1.165, 1.54) is 23.1 Å². The van der Waals surface area contributed by atoms with Crippen LogP contribution in [0.3, 0.4) is 0 Å². The van der Waals surface area contributed by atoms with Crippen molar-refractivity contribution in [1.29, 1.82) is 0 Å². The average molecular weight is 443 g/mol. The van der Waals surface area contributed by atoms with Crippen LogP contribution >= 0.6 is 11.8 Å². The van der Waals surface area contributed by atoms with Gasteiger partial charge >= 0.3 is 5.69 Å². The summed E-state index contributed by atoms with van der Waals surface area (Å²) in [6.07, 6.45) is 0.438. The predicted molar refractivity (Wildman–Crippen MR) is 110 cm³/mol. The molecule has 2 aromatic carbocycles. The van der Waals surface area contributed by atoms with Gasteiger partial charge in [-0.1, -0.05) is 30.0 Å². The first-order valence-corrected chi connectivity index (χ1v) is 10.2. The fourth-order valence-corrected chi connectivity index (χ4v) is 4.12. The molecular formula is C20H17N3O7S. The fraction of sp³-hybridized carbons (Fsp3) is 0.250. The number of benzene rings is 2. The third-order valence-corrected chi connectivity index (χ3v) is 5.80. The van der Waals surface area contributed by atoms with Crippen molar-refractivity contribution in [2.75, 3.05) is 19.9 Å². The topological polar surface area (TPSA) is 128 Å². The van der Waals surface area contributed by atoms with Crippen molar-refractivity contribution >= 4 is 34.5 Å². The third kappa shape index (κ3) is 4.45. The number of fused-ring (bicyclic) bond motifs is 1. The van der Waals surface area contributed by atoms with E-state index in [0.29, 0.717) is 12.2 Å². The van der Waals surface area contributed by atoms with Crippen LogP contribution in [0.4, 0.5) is 10.5 Å². The van der Waals surface area contributed by atoms with Crippen LogP contribution in [0.5, 0.6) is 11.5 Å². The molecule has 3 amide bonds. The molecule has 2 heterocycles. The molecule has 0 spiro atoms. The number of carbonyl (C=O) groups excluding carboxylic acids is 3. The van der Waals surface area contributed by atoms with Gasteiger partial charge in [-0.15, -0.1) is 0 Å². The maximum absolute atomic E-state index is 12.6. The zero-order valence-electron chi connectivity index (χ0n) is 16.1. The number of ether oxygens (including phenoxy) is 2. The lowest BCUT2D eigenvalue weighted by Gasteiger charge is -2.28. The summed E-state index contributed by atoms with van der Waals surface area (Å²) in [5.74, 6) is -0.0627. The molecule has 0 aliphatic carbocycles. The van der Waals surface area contributed by atoms with Gasteiger partial charge in [0.05, 0.1) is 22.3 Å². The molecule has 10 nitrogen and oxygen atoms in total. The largest absolute Gasteiger partial charge is 0.492 e. The van der Waals surface area contributed by atoms with Crippen molar-refractivity contribution in [3.63, 3.8) is 0 Å². The second-order valence-corrected chi connectivity index (χ2v) is 8.01. The van der Waals surface area contributed by atoms with Crippen LogP contribution in [-0.4, -0.2) is 52.0 Å². The van der Waals surface area contributed by atoms with Gasteiger partial charge in [-0.2, -0.15) is 0 Å². The second-order valence-electron chi connectivity index (χ2n) is 6.83. The summed E-state index contributed by atoms with van der Waals surface area (Å²) < 4.78 is 11.1. The fourth-order valence-electron chi connectivity index (χ4n) is 3.26. The highest BCUT2D eigenvalue weighted by atomic mass is 32.2. The van der Waals surface area contributed by atoms with Crippen molar-refractivity contribution in [2.24, 2.45) is 0 Å². The number of hydrogen-bond donors (Lipinski definition) is 1. The van der Waals surface area contributed by atoms with Crippen LogP contribution in [0.25, 0.3) is 0 Å². The molecule has 2 aliphatic heterocycles. The molecule has 1 atom stereocenters. The number of nitrogens with one attached hydrogen (secondary N) is 1. The first-order valence-electron chi connectivity index (χ1n) is 9.35. The Kier molecular flexibility index (Phi) is 5.76. The molecule has 0 radical (unpaired) electrons. The Hall–Kier alpha value is -3.60. The van der Waals surface area contributed by atoms with Gasteiger partial charge in [0.25, 0.3) is 11.1 Å². The van der Waals surface area contributed by atoms with Crippen molar-refractivity contribution < 1.29 is 28.8 Å². The monoisotopic (exact) mass is 443 g/mol. The molecular weight excluding hydrogens is 426 g/mol. The molecule has 160 valence electrons. The van der Waals surface area contributed by atoms with E-state index < -0.39 is 10.2 Å². The number of nitrogens with zero attached hydrogens (tertiary/aromatic N) is 2. The van der Waals surface area contributed by atoms with E-state index in [9.17, 15) is 24.5 Å². The van der Waals surface area contributed by atoms with Crippen molar-refractivity contribution in [3.8, 4) is 11.5 Å². The van der Waals surface area contributed by atoms with E-state index in [1.54, 1.807) is 12.1 Å². The Balaban J connectivity index is 1.30. The summed E-state index contributed by atoms with van der Waals surface area (Å²) >= 11 is 0.983. The number of hydrogen-bond acceptors (Lipinski definition) is 8. The van der Waals surface area contributed by atoms with Crippen molar-refractivity contribution in [2.45, 2.75) is 11.7 Å². The van der Waals surface area contributed by atoms with Crippen LogP contribution < -0.4 is 14.8 Å². The summed E-state index contributed by atoms with van der Waals surface area (Å²) in [4.78, 5) is 47.4. The molecule has 1 saturated heterocycles. The Morgan fingerprint density at radius 1 is 1.19 bits per heavy atom. The van der Waals surface area contributed by atoms with E-state index in [0.717, 1.165) is 17.3 Å². The summed E-state index contributed by atoms with van der Waals surface area (Å²) in [7, 11) is 0. The predicted octanol–water partition coefficient (Wildman–Crippen LogP) is 2.36. The molecule has 1 fully saturated rings. The smallest absolute Gasteiger partial charge is 0.311 e. The van der Waals surface area contributed by atoms with Crippen LogP contribution in [0.1, 0.15) is 15.9 Å². The number of carbonyl (C=O) groups is 3. The molecule has 31 heavy (non-hydrogen) atoms. The molecule has 1 unspecified atom stereocenters. The Morgan fingerprint density at radius 3 is 2.65 bits per heavy atom.